The summed E-state index contributed by atoms with van der Waals surface area (Å²) in [5, 5.41) is 6.75. The highest BCUT2D eigenvalue weighted by atomic mass is 35.6. The Balaban J connectivity index is 1.27. The minimum absolute atomic E-state index is 0.00663. The Kier molecular flexibility index (Phi) is 23.6. The summed E-state index contributed by atoms with van der Waals surface area (Å²) in [7, 11) is 2.94. The molecule has 0 spiro atoms. The van der Waals surface area contributed by atoms with Gasteiger partial charge in [-0.05, 0) is 34.4 Å². The summed E-state index contributed by atoms with van der Waals surface area (Å²) < 4.78 is 99.1. The van der Waals surface area contributed by atoms with E-state index in [1.54, 1.807) is 19.2 Å². The van der Waals surface area contributed by atoms with E-state index in [1.807, 2.05) is 103 Å². The Morgan fingerprint density at radius 1 is 0.631 bits per heavy atom. The second-order valence-electron chi connectivity index (χ2n) is 19.6. The third-order valence-corrected chi connectivity index (χ3v) is 13.9. The van der Waals surface area contributed by atoms with Crippen molar-refractivity contribution in [2.24, 2.45) is 5.11 Å². The number of esters is 3. The summed E-state index contributed by atoms with van der Waals surface area (Å²) in [5.41, 5.74) is 13.0. The summed E-state index contributed by atoms with van der Waals surface area (Å²) in [5.74, 6) is -1.90. The Hall–Kier alpha value is -5.90. The zero-order valence-electron chi connectivity index (χ0n) is 46.3. The molecule has 0 saturated carbocycles. The van der Waals surface area contributed by atoms with Crippen LogP contribution < -0.4 is 10.1 Å². The van der Waals surface area contributed by atoms with Crippen molar-refractivity contribution in [2.45, 2.75) is 143 Å². The van der Waals surface area contributed by atoms with Crippen LogP contribution in [0.5, 0.6) is 5.75 Å². The van der Waals surface area contributed by atoms with Crippen LogP contribution in [0.3, 0.4) is 0 Å². The number of halogens is 3. The van der Waals surface area contributed by atoms with Gasteiger partial charge in [0.15, 0.2) is 37.4 Å². The molecule has 0 aromatic heterocycles. The highest BCUT2D eigenvalue weighted by Crippen LogP contribution is 2.41. The van der Waals surface area contributed by atoms with Gasteiger partial charge >= 0.3 is 24.0 Å². The van der Waals surface area contributed by atoms with E-state index in [9.17, 15) is 24.7 Å². The smallest absolute Gasteiger partial charge is 0.407 e. The first-order chi connectivity index (χ1) is 40.5. The molecule has 4 aliphatic rings. The maximum atomic E-state index is 13.9. The van der Waals surface area contributed by atoms with Gasteiger partial charge in [-0.2, -0.15) is 0 Å². The number of ether oxygens (including phenoxy) is 16. The van der Waals surface area contributed by atoms with E-state index in [2.05, 4.69) is 15.3 Å². The van der Waals surface area contributed by atoms with Gasteiger partial charge in [0.2, 0.25) is 3.79 Å². The van der Waals surface area contributed by atoms with E-state index in [4.69, 9.17) is 111 Å². The minimum Gasteiger partial charge on any atom is -0.497 e. The first-order valence-corrected chi connectivity index (χ1v) is 27.8. The van der Waals surface area contributed by atoms with Gasteiger partial charge in [-0.15, -0.1) is 0 Å². The van der Waals surface area contributed by atoms with Crippen molar-refractivity contribution in [3.05, 3.63) is 148 Å². The average Bonchev–Trinajstić information content (AvgIpc) is 2.68. The first-order valence-electron chi connectivity index (χ1n) is 26.7. The number of amides is 1. The fourth-order valence-corrected chi connectivity index (χ4v) is 10.0. The molecule has 8 rings (SSSR count). The quantitative estimate of drug-likeness (QED) is 0.0176. The van der Waals surface area contributed by atoms with Crippen molar-refractivity contribution in [3.8, 4) is 5.75 Å². The van der Waals surface area contributed by atoms with Crippen molar-refractivity contribution in [1.29, 1.82) is 0 Å². The molecule has 4 aromatic carbocycles. The van der Waals surface area contributed by atoms with Gasteiger partial charge in [-0.25, -0.2) is 4.79 Å². The molecule has 4 fully saturated rings. The number of nitrogens with one attached hydrogen (secondary N) is 1. The molecule has 454 valence electrons. The third kappa shape index (κ3) is 17.8. The summed E-state index contributed by atoms with van der Waals surface area (Å²) in [6.45, 7) is 1.53. The fourth-order valence-electron chi connectivity index (χ4n) is 9.88. The van der Waals surface area contributed by atoms with Crippen LogP contribution in [0.1, 0.15) is 49.3 Å². The van der Waals surface area contributed by atoms with Gasteiger partial charge < -0.3 is 81.1 Å². The molecule has 4 saturated heterocycles. The van der Waals surface area contributed by atoms with Crippen LogP contribution in [0, 0.1) is 0 Å². The molecule has 4 heterocycles. The van der Waals surface area contributed by atoms with Gasteiger partial charge in [-0.1, -0.05) is 143 Å². The fraction of sp³-hybridized carbons (Fsp3) is 0.509. The summed E-state index contributed by atoms with van der Waals surface area (Å²) in [6, 6.07) is 31.8. The van der Waals surface area contributed by atoms with Gasteiger partial charge in [-0.3, -0.25) is 14.4 Å². The first kappa shape index (κ1) is 64.1. The van der Waals surface area contributed by atoms with Crippen LogP contribution in [0.15, 0.2) is 120 Å². The number of alkyl halides is 3. The largest absolute Gasteiger partial charge is 0.497 e. The number of rotatable bonds is 24. The molecule has 1 N–H and O–H groups in total. The van der Waals surface area contributed by atoms with Crippen LogP contribution in [-0.4, -0.2) is 160 Å². The number of hydrogen-bond acceptors (Lipinski definition) is 21. The number of fused-ring (bicyclic) bond motifs is 1. The zero-order valence-corrected chi connectivity index (χ0v) is 48.6. The van der Waals surface area contributed by atoms with Crippen LogP contribution in [0.4, 0.5) is 4.79 Å². The second-order valence-corrected chi connectivity index (χ2v) is 22.2. The van der Waals surface area contributed by atoms with Crippen LogP contribution in [-0.2, 0) is 105 Å². The number of alkyl carbamates (subject to hydrolysis) is 1. The summed E-state index contributed by atoms with van der Waals surface area (Å²) in [4.78, 5) is 55.5. The minimum atomic E-state index is -2.08. The molecule has 1 unspecified atom stereocenters. The van der Waals surface area contributed by atoms with Gasteiger partial charge in [0.25, 0.3) is 0 Å². The predicted octanol–water partition coefficient (Wildman–Crippen LogP) is 7.66. The number of carbonyl (C=O) groups excluding carboxylic acids is 4. The Morgan fingerprint density at radius 2 is 1.21 bits per heavy atom. The van der Waals surface area contributed by atoms with Crippen molar-refractivity contribution in [2.75, 3.05) is 40.6 Å². The molecular weight excluding hydrogens is 1170 g/mol. The van der Waals surface area contributed by atoms with Gasteiger partial charge in [0, 0.05) is 38.4 Å². The molecule has 16 atom stereocenters. The zero-order chi connectivity index (χ0) is 59.8. The van der Waals surface area contributed by atoms with Crippen molar-refractivity contribution >= 4 is 58.8 Å². The number of carbonyl (C=O) groups is 4. The lowest BCUT2D eigenvalue weighted by Crippen LogP contribution is -2.70. The van der Waals surface area contributed by atoms with E-state index in [0.717, 1.165) is 31.9 Å². The monoisotopic (exact) mass is 1230 g/mol. The molecular formula is C57H65Cl3N4O20. The molecule has 0 radical (unpaired) electrons. The number of nitrogens with zero attached hydrogens (tertiary/aromatic N) is 3. The van der Waals surface area contributed by atoms with Crippen LogP contribution in [0.2, 0.25) is 0 Å². The normalized spacial score (nSPS) is 29.4. The van der Waals surface area contributed by atoms with E-state index in [0.29, 0.717) is 16.9 Å². The maximum absolute atomic E-state index is 13.9. The Morgan fingerprint density at radius 3 is 1.81 bits per heavy atom. The Bertz CT molecular complexity index is 2790. The summed E-state index contributed by atoms with van der Waals surface area (Å²) in [6.07, 6.45) is -19.8. The molecule has 4 aromatic rings. The lowest BCUT2D eigenvalue weighted by Gasteiger charge is -2.52. The lowest BCUT2D eigenvalue weighted by atomic mass is 9.93. The number of azide groups is 1. The van der Waals surface area contributed by atoms with Gasteiger partial charge in [0.1, 0.15) is 79.9 Å². The molecule has 4 aliphatic heterocycles. The van der Waals surface area contributed by atoms with E-state index in [-0.39, 0.29) is 33.0 Å². The van der Waals surface area contributed by atoms with E-state index in [1.165, 1.54) is 7.11 Å². The van der Waals surface area contributed by atoms with E-state index >= 15 is 0 Å². The van der Waals surface area contributed by atoms with Crippen molar-refractivity contribution < 1.29 is 95.0 Å². The molecule has 1 amide bonds. The second kappa shape index (κ2) is 31.0. The SMILES string of the molecule is COc1ccc(COC[C@H]2O[C@@H](O[C@@H]3[C@@H](N=[N+]=[N-])[C@H](OC)O[C@@H]4COC(c5ccccc5)O[C@@H]34)[C@H](OCc3ccccc3)[C@@H](OCc3ccccc3)[C@@H]2O[C@@H]2O[C@H](COC(C)=O)[C@@H](OC(C)=O)[C@H](OC(C)=O)[C@H]2NC(=O)OCC(Cl)(Cl)Cl)cc1. The standard InChI is InChI=1S/C57H65Cl3N4O20/c1-32(65)72-29-41-45(77-33(2)66)48(78-34(3)67)43(62-56(68)76-31-57(58,59)60)54(80-41)83-47-40(28-71-25-37-21-23-39(69-4)24-22-37)81-55(51(74-27-36-17-11-7-12-18-36)50(47)73-26-35-15-9-6-10-16-35)84-49-44(63-64-61)53(70-5)79-42-30-75-52(82-46(42)49)38-19-13-8-14-20-38/h6-24,40-55H,25-31H2,1-5H3,(H,62,68)/t40-,41-,42-,43-,44-,45-,46-,47-,48-,49-,50+,51-,52?,53-,54+,55+/m1/s1. The molecule has 27 heteroatoms. The van der Waals surface area contributed by atoms with Crippen molar-refractivity contribution in [3.63, 3.8) is 0 Å². The van der Waals surface area contributed by atoms with Crippen molar-refractivity contribution in [1.82, 2.24) is 5.32 Å². The lowest BCUT2D eigenvalue weighted by molar-refractivity contribution is -0.390. The number of methoxy groups -OCH3 is 2. The summed E-state index contributed by atoms with van der Waals surface area (Å²) >= 11 is 18.0. The number of benzene rings is 4. The molecule has 24 nitrogen and oxygen atoms in total. The van der Waals surface area contributed by atoms with Crippen LogP contribution in [0.25, 0.3) is 10.4 Å². The third-order valence-electron chi connectivity index (χ3n) is 13.6. The van der Waals surface area contributed by atoms with Gasteiger partial charge in [0.05, 0.1) is 40.1 Å². The highest BCUT2D eigenvalue weighted by Gasteiger charge is 2.58. The maximum Gasteiger partial charge on any atom is 0.407 e. The van der Waals surface area contributed by atoms with Crippen LogP contribution >= 0.6 is 34.8 Å². The molecule has 0 bridgehead atoms. The molecule has 84 heavy (non-hydrogen) atoms. The van der Waals surface area contributed by atoms with E-state index < -0.39 is 139 Å². The molecule has 0 aliphatic carbocycles. The number of hydrogen-bond donors (Lipinski definition) is 1. The highest BCUT2D eigenvalue weighted by molar-refractivity contribution is 6.67. The Labute approximate surface area is 499 Å². The predicted molar refractivity (Wildman–Crippen MR) is 295 cm³/mol. The average molecular weight is 1230 g/mol. The topological polar surface area (TPSA) is 277 Å².